The maximum atomic E-state index is 12.8. The van der Waals surface area contributed by atoms with E-state index in [0.29, 0.717) is 32.4 Å². The highest BCUT2D eigenvalue weighted by Crippen LogP contribution is 2.17. The van der Waals surface area contributed by atoms with Gasteiger partial charge in [0.15, 0.2) is 5.78 Å². The average molecular weight is 374 g/mol. The number of rotatable bonds is 9. The Hall–Kier alpha value is -2.23. The first-order valence-corrected chi connectivity index (χ1v) is 8.56. The Labute approximate surface area is 151 Å². The Morgan fingerprint density at radius 3 is 2.54 bits per heavy atom. The van der Waals surface area contributed by atoms with Crippen LogP contribution in [0, 0.1) is 0 Å². The molecule has 26 heavy (non-hydrogen) atoms. The first kappa shape index (κ1) is 21.8. The molecule has 10 heteroatoms. The van der Waals surface area contributed by atoms with Gasteiger partial charge in [-0.1, -0.05) is 0 Å². The van der Waals surface area contributed by atoms with Gasteiger partial charge in [-0.15, -0.1) is 0 Å². The van der Waals surface area contributed by atoms with E-state index in [9.17, 15) is 28.7 Å². The molecule has 0 bridgehead atoms. The zero-order valence-electron chi connectivity index (χ0n) is 15.2. The normalized spacial score (nSPS) is 18.3. The molecule has 1 aliphatic heterocycles. The van der Waals surface area contributed by atoms with E-state index >= 15 is 0 Å². The van der Waals surface area contributed by atoms with Gasteiger partial charge < -0.3 is 20.6 Å². The number of likely N-dealkylation sites (tertiary alicyclic amines) is 1. The molecule has 148 valence electrons. The number of carbonyl (C=O) groups excluding carboxylic acids is 3. The van der Waals surface area contributed by atoms with Crippen LogP contribution in [0.3, 0.4) is 0 Å². The number of carboxylic acid groups (broad SMARTS) is 1. The molecule has 1 rings (SSSR count). The van der Waals surface area contributed by atoms with Crippen molar-refractivity contribution in [3.8, 4) is 0 Å². The van der Waals surface area contributed by atoms with E-state index in [2.05, 4.69) is 10.6 Å². The Kier molecular flexibility index (Phi) is 8.97. The van der Waals surface area contributed by atoms with Crippen LogP contribution in [0.4, 0.5) is 9.18 Å². The minimum atomic E-state index is -1.32. The third-order valence-electron chi connectivity index (χ3n) is 4.16. The number of Topliss-reactive ketones (excluding diaryl/α,β-unsaturated/α-hetero) is 1. The van der Waals surface area contributed by atoms with Crippen molar-refractivity contribution in [3.63, 3.8) is 0 Å². The number of nitrogens with zero attached hydrogens (tertiary/aromatic N) is 2. The number of piperidine rings is 1. The molecule has 0 radical (unpaired) electrons. The van der Waals surface area contributed by atoms with E-state index in [1.165, 1.54) is 0 Å². The molecule has 0 aromatic carbocycles. The molecule has 0 aliphatic carbocycles. The molecular weight excluding hydrogens is 347 g/mol. The molecular formula is C16H27FN4O5. The van der Waals surface area contributed by atoms with Crippen molar-refractivity contribution < 1.29 is 28.7 Å². The summed E-state index contributed by atoms with van der Waals surface area (Å²) in [6.45, 7) is -0.148. The standard InChI is InChI=1S/C16H27FN4O5/c1-20(2)8-6-18-14(23)9-11(13(22)10-17)19-15(24)12-5-3-4-7-21(12)16(25)26/h11-12H,3-10H2,1-2H3,(H,18,23)(H,19,24)(H,25,26). The summed E-state index contributed by atoms with van der Waals surface area (Å²) in [7, 11) is 3.67. The summed E-state index contributed by atoms with van der Waals surface area (Å²) in [5.41, 5.74) is 0. The molecule has 3 amide bonds. The second kappa shape index (κ2) is 10.7. The Morgan fingerprint density at radius 2 is 1.96 bits per heavy atom. The van der Waals surface area contributed by atoms with Crippen molar-refractivity contribution >= 4 is 23.7 Å². The van der Waals surface area contributed by atoms with Crippen LogP contribution in [0.5, 0.6) is 0 Å². The summed E-state index contributed by atoms with van der Waals surface area (Å²) in [6.07, 6.45) is 0.0386. The van der Waals surface area contributed by atoms with E-state index in [4.69, 9.17) is 0 Å². The predicted octanol–water partition coefficient (Wildman–Crippen LogP) is -0.390. The molecule has 0 spiro atoms. The number of halogens is 1. The van der Waals surface area contributed by atoms with Gasteiger partial charge in [0.2, 0.25) is 11.8 Å². The minimum Gasteiger partial charge on any atom is -0.465 e. The smallest absolute Gasteiger partial charge is 0.407 e. The van der Waals surface area contributed by atoms with E-state index in [-0.39, 0.29) is 13.0 Å². The number of likely N-dealkylation sites (N-methyl/N-ethyl adjacent to an activating group) is 1. The van der Waals surface area contributed by atoms with Gasteiger partial charge in [0.05, 0.1) is 12.5 Å². The number of hydrogen-bond donors (Lipinski definition) is 3. The van der Waals surface area contributed by atoms with E-state index in [1.807, 2.05) is 19.0 Å². The van der Waals surface area contributed by atoms with Gasteiger partial charge >= 0.3 is 6.09 Å². The lowest BCUT2D eigenvalue weighted by Gasteiger charge is -2.33. The largest absolute Gasteiger partial charge is 0.465 e. The quantitative estimate of drug-likeness (QED) is 0.506. The molecule has 0 aromatic heterocycles. The number of amides is 3. The van der Waals surface area contributed by atoms with Crippen LogP contribution in [0.1, 0.15) is 25.7 Å². The van der Waals surface area contributed by atoms with Gasteiger partial charge in [0.1, 0.15) is 12.7 Å². The Bertz CT molecular complexity index is 529. The average Bonchev–Trinajstić information content (AvgIpc) is 2.59. The number of hydrogen-bond acceptors (Lipinski definition) is 5. The van der Waals surface area contributed by atoms with Crippen molar-refractivity contribution in [1.29, 1.82) is 0 Å². The molecule has 3 N–H and O–H groups in total. The molecule has 0 aromatic rings. The van der Waals surface area contributed by atoms with Gasteiger partial charge in [0, 0.05) is 19.6 Å². The van der Waals surface area contributed by atoms with Crippen LogP contribution in [0.2, 0.25) is 0 Å². The van der Waals surface area contributed by atoms with Crippen molar-refractivity contribution in [1.82, 2.24) is 20.4 Å². The number of nitrogens with one attached hydrogen (secondary N) is 2. The van der Waals surface area contributed by atoms with Crippen LogP contribution in [0.15, 0.2) is 0 Å². The fraction of sp³-hybridized carbons (Fsp3) is 0.750. The zero-order valence-corrected chi connectivity index (χ0v) is 15.2. The maximum absolute atomic E-state index is 12.8. The molecule has 1 heterocycles. The lowest BCUT2D eigenvalue weighted by molar-refractivity contribution is -0.133. The third-order valence-corrected chi connectivity index (χ3v) is 4.16. The van der Waals surface area contributed by atoms with Crippen LogP contribution >= 0.6 is 0 Å². The first-order chi connectivity index (χ1) is 12.3. The van der Waals surface area contributed by atoms with Crippen LogP contribution in [0.25, 0.3) is 0 Å². The lowest BCUT2D eigenvalue weighted by atomic mass is 10.0. The van der Waals surface area contributed by atoms with E-state index in [0.717, 1.165) is 4.90 Å². The monoisotopic (exact) mass is 374 g/mol. The van der Waals surface area contributed by atoms with Gasteiger partial charge in [-0.3, -0.25) is 19.3 Å². The van der Waals surface area contributed by atoms with E-state index in [1.54, 1.807) is 0 Å². The summed E-state index contributed by atoms with van der Waals surface area (Å²) >= 11 is 0. The highest BCUT2D eigenvalue weighted by atomic mass is 19.1. The summed E-state index contributed by atoms with van der Waals surface area (Å²) in [5.74, 6) is -2.09. The highest BCUT2D eigenvalue weighted by molar-refractivity contribution is 5.95. The zero-order chi connectivity index (χ0) is 19.7. The second-order valence-corrected chi connectivity index (χ2v) is 6.51. The summed E-state index contributed by atoms with van der Waals surface area (Å²) in [5, 5.41) is 14.1. The first-order valence-electron chi connectivity index (χ1n) is 8.56. The number of carbonyl (C=O) groups is 4. The second-order valence-electron chi connectivity index (χ2n) is 6.51. The van der Waals surface area contributed by atoms with Crippen molar-refractivity contribution in [3.05, 3.63) is 0 Å². The SMILES string of the molecule is CN(C)CCNC(=O)CC(NC(=O)C1CCCCN1C(=O)O)C(=O)CF. The highest BCUT2D eigenvalue weighted by Gasteiger charge is 2.34. The Balaban J connectivity index is 2.68. The molecule has 1 saturated heterocycles. The van der Waals surface area contributed by atoms with Gasteiger partial charge in [-0.25, -0.2) is 9.18 Å². The molecule has 0 saturated carbocycles. The molecule has 2 unspecified atom stereocenters. The van der Waals surface area contributed by atoms with Crippen LogP contribution in [-0.2, 0) is 14.4 Å². The van der Waals surface area contributed by atoms with Gasteiger partial charge in [-0.05, 0) is 33.4 Å². The van der Waals surface area contributed by atoms with Gasteiger partial charge in [-0.2, -0.15) is 0 Å². The number of ketones is 1. The molecule has 1 aliphatic rings. The summed E-state index contributed by atoms with van der Waals surface area (Å²) in [4.78, 5) is 50.2. The summed E-state index contributed by atoms with van der Waals surface area (Å²) < 4.78 is 12.8. The third kappa shape index (κ3) is 6.95. The summed E-state index contributed by atoms with van der Waals surface area (Å²) in [6, 6.07) is -2.25. The van der Waals surface area contributed by atoms with Crippen molar-refractivity contribution in [2.24, 2.45) is 0 Å². The fourth-order valence-electron chi connectivity index (χ4n) is 2.72. The lowest BCUT2D eigenvalue weighted by Crippen LogP contribution is -2.55. The van der Waals surface area contributed by atoms with Gasteiger partial charge in [0.25, 0.3) is 0 Å². The Morgan fingerprint density at radius 1 is 1.27 bits per heavy atom. The van der Waals surface area contributed by atoms with Crippen molar-refractivity contribution in [2.45, 2.75) is 37.8 Å². The molecule has 1 fully saturated rings. The number of alkyl halides is 1. The molecule has 2 atom stereocenters. The van der Waals surface area contributed by atoms with Crippen LogP contribution in [-0.4, -0.2) is 91.1 Å². The van der Waals surface area contributed by atoms with Crippen LogP contribution < -0.4 is 10.6 Å². The topological polar surface area (TPSA) is 119 Å². The van der Waals surface area contributed by atoms with Crippen molar-refractivity contribution in [2.75, 3.05) is 40.4 Å². The minimum absolute atomic E-state index is 0.222. The molecule has 9 nitrogen and oxygen atoms in total. The van der Waals surface area contributed by atoms with E-state index < -0.39 is 42.4 Å². The maximum Gasteiger partial charge on any atom is 0.407 e. The predicted molar refractivity (Wildman–Crippen MR) is 91.5 cm³/mol. The fourth-order valence-corrected chi connectivity index (χ4v) is 2.72.